The van der Waals surface area contributed by atoms with Crippen LogP contribution in [0.15, 0.2) is 29.1 Å². The van der Waals surface area contributed by atoms with Gasteiger partial charge in [0.2, 0.25) is 12.3 Å². The molecule has 3 aliphatic rings. The Hall–Kier alpha value is -1.71. The maximum Gasteiger partial charge on any atom is 0.227 e. The van der Waals surface area contributed by atoms with E-state index in [0.29, 0.717) is 48.6 Å². The highest BCUT2D eigenvalue weighted by Gasteiger charge is 2.48. The monoisotopic (exact) mass is 479 g/mol. The molecule has 0 saturated carbocycles. The number of carbonyl (C=O) groups is 1. The minimum Gasteiger partial charge on any atom is -0.378 e. The molecule has 3 saturated heterocycles. The molecule has 10 heteroatoms. The van der Waals surface area contributed by atoms with Gasteiger partial charge in [-0.1, -0.05) is 34.4 Å². The molecule has 2 aromatic rings. The van der Waals surface area contributed by atoms with Gasteiger partial charge in [0.15, 0.2) is 5.82 Å². The van der Waals surface area contributed by atoms with E-state index >= 15 is 0 Å². The van der Waals surface area contributed by atoms with Crippen molar-refractivity contribution in [2.45, 2.75) is 43.9 Å². The van der Waals surface area contributed by atoms with Crippen LogP contribution in [0.3, 0.4) is 0 Å². The standard InChI is InChI=1S/C22H27Cl2N5O3/c23-16-4-3-15(9-17(16)24)10-21(30)29-8-7-28(11-20-25-14-32-26-20)19-13-31-12-18(22(19)29)27-5-1-2-6-27/h3-4,9,14,18-19,22H,1-2,5-8,10-13H2/t18?,19?,22-/m1/s1. The number of rotatable bonds is 5. The zero-order chi connectivity index (χ0) is 22.1. The first-order valence-electron chi connectivity index (χ1n) is 11.1. The summed E-state index contributed by atoms with van der Waals surface area (Å²) in [5.74, 6) is 0.770. The van der Waals surface area contributed by atoms with Crippen LogP contribution in [0.2, 0.25) is 10.0 Å². The van der Waals surface area contributed by atoms with E-state index in [9.17, 15) is 4.79 Å². The molecular formula is C22H27Cl2N5O3. The Kier molecular flexibility index (Phi) is 6.66. The summed E-state index contributed by atoms with van der Waals surface area (Å²) in [6.45, 7) is 5.32. The van der Waals surface area contributed by atoms with Crippen molar-refractivity contribution in [2.75, 3.05) is 39.4 Å². The number of likely N-dealkylation sites (tertiary alicyclic amines) is 1. The van der Waals surface area contributed by atoms with Crippen LogP contribution in [-0.4, -0.2) is 88.3 Å². The van der Waals surface area contributed by atoms with Crippen molar-refractivity contribution in [3.05, 3.63) is 46.0 Å². The number of halogens is 2. The van der Waals surface area contributed by atoms with Gasteiger partial charge < -0.3 is 14.2 Å². The highest BCUT2D eigenvalue weighted by atomic mass is 35.5. The van der Waals surface area contributed by atoms with Gasteiger partial charge >= 0.3 is 0 Å². The minimum absolute atomic E-state index is 0.0535. The summed E-state index contributed by atoms with van der Waals surface area (Å²) in [5, 5.41) is 4.96. The van der Waals surface area contributed by atoms with E-state index in [2.05, 4.69) is 24.8 Å². The van der Waals surface area contributed by atoms with E-state index in [1.807, 2.05) is 6.07 Å². The van der Waals surface area contributed by atoms with Gasteiger partial charge in [-0.05, 0) is 43.6 Å². The SMILES string of the molecule is O=C(Cc1ccc(Cl)c(Cl)c1)N1CCN(Cc2ncon2)C2COCC(N3CCCC3)[C@H]21. The smallest absolute Gasteiger partial charge is 0.227 e. The summed E-state index contributed by atoms with van der Waals surface area (Å²) >= 11 is 12.2. The van der Waals surface area contributed by atoms with Crippen molar-refractivity contribution in [1.82, 2.24) is 24.8 Å². The maximum absolute atomic E-state index is 13.5. The molecule has 0 bridgehead atoms. The first kappa shape index (κ1) is 22.1. The summed E-state index contributed by atoms with van der Waals surface area (Å²) < 4.78 is 11.0. The topological polar surface area (TPSA) is 74.9 Å². The number of aromatic nitrogens is 2. The largest absolute Gasteiger partial charge is 0.378 e. The molecule has 2 unspecified atom stereocenters. The summed E-state index contributed by atoms with van der Waals surface area (Å²) in [5.41, 5.74) is 0.875. The summed E-state index contributed by atoms with van der Waals surface area (Å²) in [6, 6.07) is 5.73. The van der Waals surface area contributed by atoms with Crippen LogP contribution < -0.4 is 0 Å². The molecule has 0 aliphatic carbocycles. The Labute approximate surface area is 197 Å². The molecule has 3 aliphatic heterocycles. The van der Waals surface area contributed by atoms with Gasteiger partial charge in [-0.3, -0.25) is 14.6 Å². The number of benzene rings is 1. The van der Waals surface area contributed by atoms with Gasteiger partial charge in [0.1, 0.15) is 0 Å². The van der Waals surface area contributed by atoms with E-state index in [4.69, 9.17) is 32.5 Å². The van der Waals surface area contributed by atoms with E-state index in [0.717, 1.165) is 25.2 Å². The second kappa shape index (κ2) is 9.65. The molecule has 3 fully saturated rings. The number of piperazine rings is 1. The fraction of sp³-hybridized carbons (Fsp3) is 0.591. The van der Waals surface area contributed by atoms with E-state index in [-0.39, 0.29) is 24.0 Å². The third-order valence-corrected chi connectivity index (χ3v) is 7.58. The van der Waals surface area contributed by atoms with E-state index < -0.39 is 0 Å². The average molecular weight is 480 g/mol. The highest BCUT2D eigenvalue weighted by Crippen LogP contribution is 2.31. The number of nitrogens with zero attached hydrogens (tertiary/aromatic N) is 5. The Balaban J connectivity index is 1.39. The molecule has 5 rings (SSSR count). The fourth-order valence-corrected chi connectivity index (χ4v) is 5.62. The molecule has 1 aromatic carbocycles. The molecule has 1 aromatic heterocycles. The van der Waals surface area contributed by atoms with Crippen LogP contribution in [0.4, 0.5) is 0 Å². The first-order chi connectivity index (χ1) is 15.6. The van der Waals surface area contributed by atoms with Crippen molar-refractivity contribution in [1.29, 1.82) is 0 Å². The molecule has 1 amide bonds. The molecule has 0 radical (unpaired) electrons. The number of amides is 1. The summed E-state index contributed by atoms with van der Waals surface area (Å²) in [6.07, 6.45) is 4.04. The molecule has 3 atom stereocenters. The van der Waals surface area contributed by atoms with Crippen molar-refractivity contribution in [3.8, 4) is 0 Å². The number of fused-ring (bicyclic) bond motifs is 1. The van der Waals surface area contributed by atoms with Crippen molar-refractivity contribution in [3.63, 3.8) is 0 Å². The molecule has 172 valence electrons. The summed E-state index contributed by atoms with van der Waals surface area (Å²) in [4.78, 5) is 24.6. The van der Waals surface area contributed by atoms with Crippen LogP contribution in [0.25, 0.3) is 0 Å². The number of hydrogen-bond donors (Lipinski definition) is 0. The van der Waals surface area contributed by atoms with Crippen molar-refractivity contribution < 1.29 is 14.1 Å². The fourth-order valence-electron chi connectivity index (χ4n) is 5.30. The van der Waals surface area contributed by atoms with Gasteiger partial charge in [-0.15, -0.1) is 0 Å². The van der Waals surface area contributed by atoms with E-state index in [1.54, 1.807) is 12.1 Å². The Morgan fingerprint density at radius 3 is 2.62 bits per heavy atom. The van der Waals surface area contributed by atoms with Crippen molar-refractivity contribution in [2.24, 2.45) is 0 Å². The average Bonchev–Trinajstić information content (AvgIpc) is 3.50. The normalized spacial score (nSPS) is 26.9. The maximum atomic E-state index is 13.5. The molecule has 8 nitrogen and oxygen atoms in total. The molecule has 0 N–H and O–H groups in total. The lowest BCUT2D eigenvalue weighted by Gasteiger charge is -2.54. The molecule has 32 heavy (non-hydrogen) atoms. The second-order valence-electron chi connectivity index (χ2n) is 8.74. The number of carbonyl (C=O) groups excluding carboxylic acids is 1. The lowest BCUT2D eigenvalue weighted by atomic mass is 9.91. The third kappa shape index (κ3) is 4.52. The van der Waals surface area contributed by atoms with Crippen LogP contribution in [-0.2, 0) is 22.5 Å². The number of hydrogen-bond acceptors (Lipinski definition) is 7. The van der Waals surface area contributed by atoms with Crippen LogP contribution in [0.1, 0.15) is 24.2 Å². The van der Waals surface area contributed by atoms with Crippen molar-refractivity contribution >= 4 is 29.1 Å². The molecule has 0 spiro atoms. The minimum atomic E-state index is 0.0535. The third-order valence-electron chi connectivity index (χ3n) is 6.84. The Bertz CT molecular complexity index is 938. The van der Waals surface area contributed by atoms with Gasteiger partial charge in [-0.25, -0.2) is 0 Å². The lowest BCUT2D eigenvalue weighted by Crippen LogP contribution is -2.71. The predicted octanol–water partition coefficient (Wildman–Crippen LogP) is 2.50. The van der Waals surface area contributed by atoms with Gasteiger partial charge in [0, 0.05) is 13.1 Å². The zero-order valence-electron chi connectivity index (χ0n) is 17.8. The lowest BCUT2D eigenvalue weighted by molar-refractivity contribution is -0.153. The predicted molar refractivity (Wildman–Crippen MR) is 120 cm³/mol. The van der Waals surface area contributed by atoms with Crippen LogP contribution >= 0.6 is 23.2 Å². The van der Waals surface area contributed by atoms with Crippen LogP contribution in [0.5, 0.6) is 0 Å². The van der Waals surface area contributed by atoms with Gasteiger partial charge in [0.25, 0.3) is 0 Å². The zero-order valence-corrected chi connectivity index (χ0v) is 19.3. The van der Waals surface area contributed by atoms with Gasteiger partial charge in [-0.2, -0.15) is 4.98 Å². The van der Waals surface area contributed by atoms with Gasteiger partial charge in [0.05, 0.1) is 54.4 Å². The highest BCUT2D eigenvalue weighted by molar-refractivity contribution is 6.42. The Morgan fingerprint density at radius 1 is 1.06 bits per heavy atom. The summed E-state index contributed by atoms with van der Waals surface area (Å²) in [7, 11) is 0. The van der Waals surface area contributed by atoms with E-state index in [1.165, 1.54) is 19.2 Å². The Morgan fingerprint density at radius 2 is 1.88 bits per heavy atom. The second-order valence-corrected chi connectivity index (χ2v) is 9.55. The molecule has 4 heterocycles. The van der Waals surface area contributed by atoms with Crippen LogP contribution in [0, 0.1) is 0 Å². The number of ether oxygens (including phenoxy) is 1. The first-order valence-corrected chi connectivity index (χ1v) is 11.9. The quantitative estimate of drug-likeness (QED) is 0.651. The molecular weight excluding hydrogens is 453 g/mol.